The van der Waals surface area contributed by atoms with Gasteiger partial charge in [0.1, 0.15) is 5.65 Å². The third-order valence-electron chi connectivity index (χ3n) is 5.04. The quantitative estimate of drug-likeness (QED) is 0.930. The van der Waals surface area contributed by atoms with Crippen LogP contribution in [0.4, 0.5) is 0 Å². The lowest BCUT2D eigenvalue weighted by atomic mass is 9.97. The van der Waals surface area contributed by atoms with Gasteiger partial charge in [-0.3, -0.25) is 4.79 Å². The summed E-state index contributed by atoms with van der Waals surface area (Å²) in [5.41, 5.74) is 2.28. The monoisotopic (exact) mass is 298 g/mol. The number of rotatable bonds is 4. The molecule has 22 heavy (non-hydrogen) atoms. The van der Waals surface area contributed by atoms with E-state index in [1.165, 1.54) is 5.69 Å². The van der Waals surface area contributed by atoms with Crippen molar-refractivity contribution in [3.63, 3.8) is 0 Å². The number of carbonyl (C=O) groups is 1. The predicted octanol–water partition coefficient (Wildman–Crippen LogP) is 1.48. The lowest BCUT2D eigenvalue weighted by Crippen LogP contribution is -2.49. The predicted molar refractivity (Wildman–Crippen MR) is 84.6 cm³/mol. The van der Waals surface area contributed by atoms with Crippen LogP contribution in [-0.2, 0) is 11.2 Å². The van der Waals surface area contributed by atoms with E-state index in [2.05, 4.69) is 31.7 Å². The summed E-state index contributed by atoms with van der Waals surface area (Å²) in [6, 6.07) is 6.67. The first kappa shape index (κ1) is 13.8. The Hall–Kier alpha value is -1.88. The van der Waals surface area contributed by atoms with E-state index in [0.29, 0.717) is 11.9 Å². The Labute approximate surface area is 130 Å². The van der Waals surface area contributed by atoms with E-state index in [0.717, 1.165) is 51.0 Å². The summed E-state index contributed by atoms with van der Waals surface area (Å²) < 4.78 is 2.14. The van der Waals surface area contributed by atoms with Gasteiger partial charge in [0.2, 0.25) is 5.91 Å². The number of pyridine rings is 1. The van der Waals surface area contributed by atoms with E-state index in [-0.39, 0.29) is 5.92 Å². The first-order valence-corrected chi connectivity index (χ1v) is 8.25. The molecule has 0 aromatic carbocycles. The summed E-state index contributed by atoms with van der Waals surface area (Å²) in [6.07, 6.45) is 7.93. The van der Waals surface area contributed by atoms with Crippen LogP contribution in [0, 0.1) is 5.92 Å². The molecular weight excluding hydrogens is 276 g/mol. The number of hydrogen-bond acceptors (Lipinski definition) is 3. The average Bonchev–Trinajstić information content (AvgIpc) is 3.14. The van der Waals surface area contributed by atoms with Crippen LogP contribution in [0.5, 0.6) is 0 Å². The summed E-state index contributed by atoms with van der Waals surface area (Å²) in [7, 11) is 0. The van der Waals surface area contributed by atoms with E-state index in [1.54, 1.807) is 0 Å². The van der Waals surface area contributed by atoms with Gasteiger partial charge in [-0.25, -0.2) is 4.98 Å². The van der Waals surface area contributed by atoms with E-state index >= 15 is 0 Å². The molecule has 5 nitrogen and oxygen atoms in total. The third kappa shape index (κ3) is 2.39. The van der Waals surface area contributed by atoms with Crippen molar-refractivity contribution in [2.45, 2.75) is 31.7 Å². The van der Waals surface area contributed by atoms with Crippen LogP contribution in [-0.4, -0.2) is 45.9 Å². The minimum Gasteiger partial charge on any atom is -0.337 e. The van der Waals surface area contributed by atoms with Crippen molar-refractivity contribution in [1.29, 1.82) is 0 Å². The van der Waals surface area contributed by atoms with Gasteiger partial charge in [-0.2, -0.15) is 0 Å². The number of carbonyl (C=O) groups excluding carboxylic acids is 1. The molecule has 2 fully saturated rings. The van der Waals surface area contributed by atoms with Crippen LogP contribution in [0.3, 0.4) is 0 Å². The van der Waals surface area contributed by atoms with Gasteiger partial charge in [0.25, 0.3) is 0 Å². The minimum absolute atomic E-state index is 0.229. The molecule has 0 radical (unpaired) electrons. The summed E-state index contributed by atoms with van der Waals surface area (Å²) in [6.45, 7) is 2.79. The number of imidazole rings is 1. The Morgan fingerprint density at radius 1 is 1.36 bits per heavy atom. The smallest absolute Gasteiger partial charge is 0.226 e. The maximum Gasteiger partial charge on any atom is 0.226 e. The zero-order valence-corrected chi connectivity index (χ0v) is 12.7. The van der Waals surface area contributed by atoms with Gasteiger partial charge >= 0.3 is 0 Å². The van der Waals surface area contributed by atoms with E-state index in [1.807, 2.05) is 18.5 Å². The SMILES string of the molecule is O=C1C(CCCc2cccc3nccn23)C[C@H]2CNCCN12. The van der Waals surface area contributed by atoms with Gasteiger partial charge in [0.15, 0.2) is 0 Å². The van der Waals surface area contributed by atoms with Gasteiger partial charge in [0, 0.05) is 49.7 Å². The highest BCUT2D eigenvalue weighted by Crippen LogP contribution is 2.29. The number of amides is 1. The molecule has 1 amide bonds. The van der Waals surface area contributed by atoms with Crippen molar-refractivity contribution in [3.8, 4) is 0 Å². The van der Waals surface area contributed by atoms with Crippen LogP contribution in [0.25, 0.3) is 5.65 Å². The summed E-state index contributed by atoms with van der Waals surface area (Å²) in [5.74, 6) is 0.610. The maximum atomic E-state index is 12.4. The molecule has 1 N–H and O–H groups in total. The molecule has 4 rings (SSSR count). The van der Waals surface area contributed by atoms with Crippen molar-refractivity contribution >= 4 is 11.6 Å². The normalized spacial score (nSPS) is 24.9. The maximum absolute atomic E-state index is 12.4. The molecule has 2 aromatic rings. The number of piperazine rings is 1. The second-order valence-corrected chi connectivity index (χ2v) is 6.39. The van der Waals surface area contributed by atoms with Gasteiger partial charge in [-0.1, -0.05) is 6.07 Å². The van der Waals surface area contributed by atoms with Gasteiger partial charge in [-0.15, -0.1) is 0 Å². The fraction of sp³-hybridized carbons (Fsp3) is 0.529. The standard InChI is InChI=1S/C17H22N4O/c22-17-13(11-15-12-18-7-9-21(15)17)3-1-4-14-5-2-6-16-19-8-10-20(14)16/h2,5-6,8,10,13,15,18H,1,3-4,7,9,11-12H2/t13?,15-/m0/s1. The Bertz CT molecular complexity index is 680. The highest BCUT2D eigenvalue weighted by Gasteiger charge is 2.39. The Morgan fingerprint density at radius 2 is 2.32 bits per heavy atom. The molecule has 2 aliphatic rings. The molecule has 116 valence electrons. The van der Waals surface area contributed by atoms with Crippen molar-refractivity contribution < 1.29 is 4.79 Å². The molecule has 2 aromatic heterocycles. The highest BCUT2D eigenvalue weighted by atomic mass is 16.2. The second kappa shape index (κ2) is 5.72. The molecule has 0 spiro atoms. The lowest BCUT2D eigenvalue weighted by Gasteiger charge is -2.30. The minimum atomic E-state index is 0.229. The average molecular weight is 298 g/mol. The molecule has 5 heteroatoms. The number of nitrogens with zero attached hydrogens (tertiary/aromatic N) is 3. The van der Waals surface area contributed by atoms with E-state index in [9.17, 15) is 4.79 Å². The van der Waals surface area contributed by atoms with Gasteiger partial charge in [-0.05, 0) is 37.8 Å². The number of fused-ring (bicyclic) bond motifs is 2. The number of nitrogens with one attached hydrogen (secondary N) is 1. The van der Waals surface area contributed by atoms with Crippen LogP contribution in [0.1, 0.15) is 25.0 Å². The number of hydrogen-bond donors (Lipinski definition) is 1. The Balaban J connectivity index is 1.37. The molecule has 2 atom stereocenters. The van der Waals surface area contributed by atoms with Crippen LogP contribution in [0.15, 0.2) is 30.6 Å². The van der Waals surface area contributed by atoms with Crippen LogP contribution in [0.2, 0.25) is 0 Å². The third-order valence-corrected chi connectivity index (χ3v) is 5.04. The first-order chi connectivity index (χ1) is 10.8. The first-order valence-electron chi connectivity index (χ1n) is 8.25. The lowest BCUT2D eigenvalue weighted by molar-refractivity contribution is -0.132. The molecule has 0 saturated carbocycles. The van der Waals surface area contributed by atoms with E-state index < -0.39 is 0 Å². The second-order valence-electron chi connectivity index (χ2n) is 6.39. The van der Waals surface area contributed by atoms with E-state index in [4.69, 9.17) is 0 Å². The highest BCUT2D eigenvalue weighted by molar-refractivity contribution is 5.81. The zero-order chi connectivity index (χ0) is 14.9. The fourth-order valence-electron chi connectivity index (χ4n) is 3.91. The zero-order valence-electron chi connectivity index (χ0n) is 12.7. The molecule has 2 saturated heterocycles. The van der Waals surface area contributed by atoms with Crippen molar-refractivity contribution in [2.75, 3.05) is 19.6 Å². The van der Waals surface area contributed by atoms with Crippen LogP contribution >= 0.6 is 0 Å². The molecule has 1 unspecified atom stereocenters. The van der Waals surface area contributed by atoms with Crippen molar-refractivity contribution in [2.24, 2.45) is 5.92 Å². The van der Waals surface area contributed by atoms with Gasteiger partial charge < -0.3 is 14.6 Å². The fourth-order valence-corrected chi connectivity index (χ4v) is 3.91. The largest absolute Gasteiger partial charge is 0.337 e. The molecule has 2 aliphatic heterocycles. The molecule has 0 aliphatic carbocycles. The van der Waals surface area contributed by atoms with Crippen molar-refractivity contribution in [1.82, 2.24) is 19.6 Å². The summed E-state index contributed by atoms with van der Waals surface area (Å²) in [5, 5.41) is 3.39. The summed E-state index contributed by atoms with van der Waals surface area (Å²) in [4.78, 5) is 18.9. The topological polar surface area (TPSA) is 49.6 Å². The molecule has 0 bridgehead atoms. The molecular formula is C17H22N4O. The van der Waals surface area contributed by atoms with Crippen LogP contribution < -0.4 is 5.32 Å². The van der Waals surface area contributed by atoms with Gasteiger partial charge in [0.05, 0.1) is 0 Å². The summed E-state index contributed by atoms with van der Waals surface area (Å²) >= 11 is 0. The van der Waals surface area contributed by atoms with Crippen molar-refractivity contribution in [3.05, 3.63) is 36.3 Å². The number of aryl methyl sites for hydroxylation is 1. The molecule has 4 heterocycles. The Morgan fingerprint density at radius 3 is 3.23 bits per heavy atom. The Kier molecular flexibility index (Phi) is 3.58. The number of aromatic nitrogens is 2.